The van der Waals surface area contributed by atoms with Crippen LogP contribution in [0.5, 0.6) is 0 Å². The van der Waals surface area contributed by atoms with Gasteiger partial charge in [0.1, 0.15) is 0 Å². The molecule has 0 heterocycles. The highest BCUT2D eigenvalue weighted by Gasteiger charge is 2.30. The predicted molar refractivity (Wildman–Crippen MR) is 114 cm³/mol. The Hall–Kier alpha value is -2.54. The average Bonchev–Trinajstić information content (AvgIpc) is 2.73. The number of hydrogen-bond acceptors (Lipinski definition) is 1. The number of hydrogen-bond donors (Lipinski definition) is 0. The predicted octanol–water partition coefficient (Wildman–Crippen LogP) is 7.62. The molecule has 0 amide bonds. The van der Waals surface area contributed by atoms with E-state index in [0.29, 0.717) is 0 Å². The molecular formula is C25H29N. The van der Waals surface area contributed by atoms with Crippen LogP contribution in [-0.2, 0) is 5.41 Å². The zero-order valence-corrected chi connectivity index (χ0v) is 16.2. The van der Waals surface area contributed by atoms with Gasteiger partial charge in [-0.15, -0.1) is 0 Å². The second kappa shape index (κ2) is 8.23. The molecular weight excluding hydrogens is 314 g/mol. The summed E-state index contributed by atoms with van der Waals surface area (Å²) in [6, 6.07) is 30.3. The third kappa shape index (κ3) is 3.39. The fourth-order valence-electron chi connectivity index (χ4n) is 4.02. The lowest BCUT2D eigenvalue weighted by molar-refractivity contribution is 0.382. The highest BCUT2D eigenvalue weighted by atomic mass is 15.1. The van der Waals surface area contributed by atoms with Gasteiger partial charge in [-0.1, -0.05) is 75.4 Å². The van der Waals surface area contributed by atoms with E-state index < -0.39 is 0 Å². The highest BCUT2D eigenvalue weighted by Crippen LogP contribution is 2.44. The topological polar surface area (TPSA) is 3.24 Å². The molecule has 0 aliphatic carbocycles. The van der Waals surface area contributed by atoms with Crippen LogP contribution in [-0.4, -0.2) is 0 Å². The van der Waals surface area contributed by atoms with Gasteiger partial charge in [-0.25, -0.2) is 0 Å². The molecule has 0 fully saturated rings. The van der Waals surface area contributed by atoms with Crippen LogP contribution in [0.25, 0.3) is 0 Å². The maximum atomic E-state index is 2.39. The number of para-hydroxylation sites is 3. The first-order valence-corrected chi connectivity index (χ1v) is 9.75. The summed E-state index contributed by atoms with van der Waals surface area (Å²) in [7, 11) is 0. The van der Waals surface area contributed by atoms with Crippen LogP contribution in [0.15, 0.2) is 84.9 Å². The van der Waals surface area contributed by atoms with E-state index in [9.17, 15) is 0 Å². The second-order valence-electron chi connectivity index (χ2n) is 6.86. The normalized spacial score (nSPS) is 11.3. The van der Waals surface area contributed by atoms with Gasteiger partial charge in [-0.3, -0.25) is 0 Å². The lowest BCUT2D eigenvalue weighted by atomic mass is 9.73. The number of anilines is 3. The summed E-state index contributed by atoms with van der Waals surface area (Å²) in [4.78, 5) is 2.39. The Morgan fingerprint density at radius 2 is 1.00 bits per heavy atom. The minimum Gasteiger partial charge on any atom is -0.310 e. The first-order chi connectivity index (χ1) is 12.8. The maximum absolute atomic E-state index is 2.39. The Labute approximate surface area is 158 Å². The minimum atomic E-state index is 0.207. The molecule has 0 saturated heterocycles. The summed E-state index contributed by atoms with van der Waals surface area (Å²) >= 11 is 0. The van der Waals surface area contributed by atoms with Crippen molar-refractivity contribution < 1.29 is 0 Å². The van der Waals surface area contributed by atoms with Gasteiger partial charge < -0.3 is 4.90 Å². The monoisotopic (exact) mass is 343 g/mol. The Balaban J connectivity index is 2.24. The minimum absolute atomic E-state index is 0.207. The standard InChI is InChI=1S/C25H29N/c1-4-25(5-2,6-3)23-19-13-14-20-24(23)26(21-15-9-7-10-16-21)22-17-11-8-12-18-22/h7-20H,4-6H2,1-3H3. The van der Waals surface area contributed by atoms with Crippen molar-refractivity contribution in [2.24, 2.45) is 0 Å². The number of nitrogens with zero attached hydrogens (tertiary/aromatic N) is 1. The molecule has 1 heteroatoms. The largest absolute Gasteiger partial charge is 0.310 e. The van der Waals surface area contributed by atoms with Crippen LogP contribution >= 0.6 is 0 Å². The Kier molecular flexibility index (Phi) is 5.78. The van der Waals surface area contributed by atoms with E-state index >= 15 is 0 Å². The molecule has 3 aromatic carbocycles. The van der Waals surface area contributed by atoms with Gasteiger partial charge in [0.25, 0.3) is 0 Å². The van der Waals surface area contributed by atoms with Crippen molar-refractivity contribution in [1.29, 1.82) is 0 Å². The van der Waals surface area contributed by atoms with Crippen LogP contribution in [0.1, 0.15) is 45.6 Å². The van der Waals surface area contributed by atoms with E-state index in [4.69, 9.17) is 0 Å². The van der Waals surface area contributed by atoms with Crippen molar-refractivity contribution in [1.82, 2.24) is 0 Å². The van der Waals surface area contributed by atoms with E-state index in [1.807, 2.05) is 0 Å². The van der Waals surface area contributed by atoms with Gasteiger partial charge in [-0.2, -0.15) is 0 Å². The van der Waals surface area contributed by atoms with Gasteiger partial charge in [-0.05, 0) is 60.6 Å². The van der Waals surface area contributed by atoms with E-state index in [0.717, 1.165) is 19.3 Å². The van der Waals surface area contributed by atoms with Gasteiger partial charge in [0.15, 0.2) is 0 Å². The molecule has 0 unspecified atom stereocenters. The van der Waals surface area contributed by atoms with Crippen molar-refractivity contribution in [2.75, 3.05) is 4.90 Å². The maximum Gasteiger partial charge on any atom is 0.0499 e. The quantitative estimate of drug-likeness (QED) is 0.426. The summed E-state index contributed by atoms with van der Waals surface area (Å²) in [5.41, 5.74) is 5.33. The first kappa shape index (κ1) is 18.3. The summed E-state index contributed by atoms with van der Waals surface area (Å²) in [5.74, 6) is 0. The molecule has 0 aliphatic heterocycles. The van der Waals surface area contributed by atoms with E-state index in [-0.39, 0.29) is 5.41 Å². The summed E-state index contributed by atoms with van der Waals surface area (Å²) in [6.07, 6.45) is 3.44. The molecule has 0 aromatic heterocycles. The zero-order chi connectivity index (χ0) is 18.4. The van der Waals surface area contributed by atoms with E-state index in [2.05, 4.69) is 111 Å². The SMILES string of the molecule is CCC(CC)(CC)c1ccccc1N(c1ccccc1)c1ccccc1. The molecule has 3 rings (SSSR count). The number of benzene rings is 3. The molecule has 0 N–H and O–H groups in total. The molecule has 0 radical (unpaired) electrons. The van der Waals surface area contributed by atoms with Crippen LogP contribution in [0.3, 0.4) is 0 Å². The molecule has 0 bridgehead atoms. The number of rotatable bonds is 7. The van der Waals surface area contributed by atoms with Crippen molar-refractivity contribution in [3.05, 3.63) is 90.5 Å². The first-order valence-electron chi connectivity index (χ1n) is 9.75. The molecule has 3 aromatic rings. The third-order valence-electron chi connectivity index (χ3n) is 5.78. The fourth-order valence-corrected chi connectivity index (χ4v) is 4.02. The van der Waals surface area contributed by atoms with Crippen molar-refractivity contribution in [3.63, 3.8) is 0 Å². The van der Waals surface area contributed by atoms with Crippen LogP contribution in [0, 0.1) is 0 Å². The molecule has 0 aliphatic rings. The van der Waals surface area contributed by atoms with Crippen molar-refractivity contribution in [3.8, 4) is 0 Å². The lowest BCUT2D eigenvalue weighted by Crippen LogP contribution is -2.26. The Bertz CT molecular complexity index is 756. The van der Waals surface area contributed by atoms with Gasteiger partial charge >= 0.3 is 0 Å². The summed E-state index contributed by atoms with van der Waals surface area (Å²) < 4.78 is 0. The molecule has 26 heavy (non-hydrogen) atoms. The smallest absolute Gasteiger partial charge is 0.0499 e. The van der Waals surface area contributed by atoms with Gasteiger partial charge in [0.05, 0.1) is 0 Å². The molecule has 134 valence electrons. The fraction of sp³-hybridized carbons (Fsp3) is 0.280. The van der Waals surface area contributed by atoms with Gasteiger partial charge in [0.2, 0.25) is 0 Å². The van der Waals surface area contributed by atoms with Crippen molar-refractivity contribution >= 4 is 17.1 Å². The Morgan fingerprint density at radius 1 is 0.577 bits per heavy atom. The van der Waals surface area contributed by atoms with Crippen LogP contribution in [0.2, 0.25) is 0 Å². The Morgan fingerprint density at radius 3 is 1.46 bits per heavy atom. The molecule has 0 atom stereocenters. The van der Waals surface area contributed by atoms with E-state index in [1.54, 1.807) is 0 Å². The van der Waals surface area contributed by atoms with E-state index in [1.165, 1.54) is 22.6 Å². The molecule has 0 spiro atoms. The second-order valence-corrected chi connectivity index (χ2v) is 6.86. The summed E-state index contributed by atoms with van der Waals surface area (Å²) in [6.45, 7) is 6.96. The zero-order valence-electron chi connectivity index (χ0n) is 16.2. The average molecular weight is 344 g/mol. The lowest BCUT2D eigenvalue weighted by Gasteiger charge is -2.37. The molecule has 0 saturated carbocycles. The van der Waals surface area contributed by atoms with Crippen LogP contribution in [0.4, 0.5) is 17.1 Å². The van der Waals surface area contributed by atoms with Crippen LogP contribution < -0.4 is 4.90 Å². The highest BCUT2D eigenvalue weighted by molar-refractivity contribution is 5.79. The van der Waals surface area contributed by atoms with Gasteiger partial charge in [0, 0.05) is 17.1 Å². The summed E-state index contributed by atoms with van der Waals surface area (Å²) in [5, 5.41) is 0. The molecule has 1 nitrogen and oxygen atoms in total. The third-order valence-corrected chi connectivity index (χ3v) is 5.78. The van der Waals surface area contributed by atoms with Crippen molar-refractivity contribution in [2.45, 2.75) is 45.4 Å².